The molecule has 1 aromatic rings. The number of nitrogens with zero attached hydrogens (tertiary/aromatic N) is 1. The number of aromatic hydroxyl groups is 1. The summed E-state index contributed by atoms with van der Waals surface area (Å²) in [5, 5.41) is 13.1. The highest BCUT2D eigenvalue weighted by Gasteiger charge is 2.22. The molecule has 0 spiro atoms. The monoisotopic (exact) mass is 280 g/mol. The Morgan fingerprint density at radius 2 is 2.30 bits per heavy atom. The van der Waals surface area contributed by atoms with Crippen LogP contribution in [0.25, 0.3) is 0 Å². The topological polar surface area (TPSA) is 52.6 Å². The largest absolute Gasteiger partial charge is 0.507 e. The van der Waals surface area contributed by atoms with Gasteiger partial charge in [-0.1, -0.05) is 6.42 Å². The minimum Gasteiger partial charge on any atom is -0.507 e. The standard InChI is InChI=1S/C15H21FN2O2/c1-2-18(10-12-5-3-4-8-17-12)15(20)13-7-6-11(16)9-14(13)19/h6-7,9,12,17,19H,2-5,8,10H2,1H3. The quantitative estimate of drug-likeness (QED) is 0.888. The van der Waals surface area contributed by atoms with Crippen molar-refractivity contribution >= 4 is 5.91 Å². The summed E-state index contributed by atoms with van der Waals surface area (Å²) in [4.78, 5) is 14.1. The van der Waals surface area contributed by atoms with Gasteiger partial charge in [-0.15, -0.1) is 0 Å². The number of nitrogens with one attached hydrogen (secondary N) is 1. The summed E-state index contributed by atoms with van der Waals surface area (Å²) in [7, 11) is 0. The Morgan fingerprint density at radius 3 is 2.90 bits per heavy atom. The van der Waals surface area contributed by atoms with Crippen molar-refractivity contribution in [3.8, 4) is 5.75 Å². The molecule has 1 amide bonds. The third-order valence-corrected chi connectivity index (χ3v) is 3.71. The van der Waals surface area contributed by atoms with E-state index in [2.05, 4.69) is 5.32 Å². The van der Waals surface area contributed by atoms with Crippen molar-refractivity contribution in [2.24, 2.45) is 0 Å². The molecule has 2 N–H and O–H groups in total. The van der Waals surface area contributed by atoms with E-state index < -0.39 is 5.82 Å². The molecule has 1 unspecified atom stereocenters. The Kier molecular flexibility index (Phi) is 4.95. The molecule has 0 aromatic heterocycles. The molecule has 1 aliphatic rings. The van der Waals surface area contributed by atoms with E-state index in [0.29, 0.717) is 19.1 Å². The molecular weight excluding hydrogens is 259 g/mol. The molecule has 1 heterocycles. The molecular formula is C15H21FN2O2. The van der Waals surface area contributed by atoms with Gasteiger partial charge in [0.15, 0.2) is 0 Å². The first-order chi connectivity index (χ1) is 9.61. The van der Waals surface area contributed by atoms with Gasteiger partial charge >= 0.3 is 0 Å². The number of phenolic OH excluding ortho intramolecular Hbond substituents is 1. The third kappa shape index (κ3) is 3.48. The predicted octanol–water partition coefficient (Wildman–Crippen LogP) is 2.14. The summed E-state index contributed by atoms with van der Waals surface area (Å²) in [6.45, 7) is 4.07. The van der Waals surface area contributed by atoms with Gasteiger partial charge in [0.1, 0.15) is 11.6 Å². The number of halogens is 1. The summed E-state index contributed by atoms with van der Waals surface area (Å²) < 4.78 is 13.0. The number of benzene rings is 1. The molecule has 1 fully saturated rings. The first kappa shape index (κ1) is 14.8. The molecule has 1 aliphatic heterocycles. The minimum absolute atomic E-state index is 0.157. The maximum Gasteiger partial charge on any atom is 0.257 e. The number of hydrogen-bond acceptors (Lipinski definition) is 3. The summed E-state index contributed by atoms with van der Waals surface area (Å²) in [5.41, 5.74) is 0.157. The number of carbonyl (C=O) groups is 1. The Hall–Kier alpha value is -1.62. The Morgan fingerprint density at radius 1 is 1.50 bits per heavy atom. The maximum atomic E-state index is 13.0. The molecule has 4 nitrogen and oxygen atoms in total. The molecule has 0 aliphatic carbocycles. The number of amides is 1. The van der Waals surface area contributed by atoms with E-state index >= 15 is 0 Å². The van der Waals surface area contributed by atoms with Crippen LogP contribution in [0.2, 0.25) is 0 Å². The molecule has 2 rings (SSSR count). The number of piperidine rings is 1. The van der Waals surface area contributed by atoms with Gasteiger partial charge in [-0.2, -0.15) is 0 Å². The first-order valence-electron chi connectivity index (χ1n) is 7.13. The van der Waals surface area contributed by atoms with E-state index in [1.807, 2.05) is 6.92 Å². The first-order valence-corrected chi connectivity index (χ1v) is 7.13. The fourth-order valence-corrected chi connectivity index (χ4v) is 2.56. The van der Waals surface area contributed by atoms with Gasteiger partial charge in [-0.05, 0) is 38.4 Å². The number of carbonyl (C=O) groups excluding carboxylic acids is 1. The van der Waals surface area contributed by atoms with Crippen molar-refractivity contribution in [3.63, 3.8) is 0 Å². The lowest BCUT2D eigenvalue weighted by Crippen LogP contribution is -2.45. The highest BCUT2D eigenvalue weighted by molar-refractivity contribution is 5.96. The van der Waals surface area contributed by atoms with E-state index in [1.165, 1.54) is 25.0 Å². The van der Waals surface area contributed by atoms with Crippen LogP contribution in [0.5, 0.6) is 5.75 Å². The van der Waals surface area contributed by atoms with Gasteiger partial charge < -0.3 is 15.3 Å². The van der Waals surface area contributed by atoms with Crippen molar-refractivity contribution in [1.29, 1.82) is 0 Å². The highest BCUT2D eigenvalue weighted by atomic mass is 19.1. The minimum atomic E-state index is -0.545. The lowest BCUT2D eigenvalue weighted by molar-refractivity contribution is 0.0738. The van der Waals surface area contributed by atoms with Crippen LogP contribution in [0.15, 0.2) is 18.2 Å². The summed E-state index contributed by atoms with van der Waals surface area (Å²) in [6, 6.07) is 3.80. The molecule has 5 heteroatoms. The zero-order valence-electron chi connectivity index (χ0n) is 11.7. The second kappa shape index (κ2) is 6.70. The molecule has 1 aromatic carbocycles. The van der Waals surface area contributed by atoms with Gasteiger partial charge in [-0.3, -0.25) is 4.79 Å². The van der Waals surface area contributed by atoms with Gasteiger partial charge in [0, 0.05) is 25.2 Å². The molecule has 1 saturated heterocycles. The number of hydrogen-bond donors (Lipinski definition) is 2. The van der Waals surface area contributed by atoms with Crippen LogP contribution in [0.3, 0.4) is 0 Å². The lowest BCUT2D eigenvalue weighted by atomic mass is 10.0. The van der Waals surface area contributed by atoms with E-state index in [4.69, 9.17) is 0 Å². The van der Waals surface area contributed by atoms with Crippen LogP contribution < -0.4 is 5.32 Å². The Balaban J connectivity index is 2.07. The van der Waals surface area contributed by atoms with Crippen molar-refractivity contribution in [3.05, 3.63) is 29.6 Å². The van der Waals surface area contributed by atoms with Crippen molar-refractivity contribution in [1.82, 2.24) is 10.2 Å². The van der Waals surface area contributed by atoms with E-state index in [9.17, 15) is 14.3 Å². The fourth-order valence-electron chi connectivity index (χ4n) is 2.56. The highest BCUT2D eigenvalue weighted by Crippen LogP contribution is 2.20. The van der Waals surface area contributed by atoms with Crippen LogP contribution >= 0.6 is 0 Å². The molecule has 1 atom stereocenters. The van der Waals surface area contributed by atoms with Gasteiger partial charge in [0.25, 0.3) is 5.91 Å². The van der Waals surface area contributed by atoms with Crippen molar-refractivity contribution in [2.45, 2.75) is 32.2 Å². The van der Waals surface area contributed by atoms with Crippen molar-refractivity contribution < 1.29 is 14.3 Å². The van der Waals surface area contributed by atoms with E-state index in [1.54, 1.807) is 4.90 Å². The SMILES string of the molecule is CCN(CC1CCCCN1)C(=O)c1ccc(F)cc1O. The average molecular weight is 280 g/mol. The fraction of sp³-hybridized carbons (Fsp3) is 0.533. The number of rotatable bonds is 4. The Labute approximate surface area is 118 Å². The average Bonchev–Trinajstić information content (AvgIpc) is 2.45. The normalized spacial score (nSPS) is 18.8. The van der Waals surface area contributed by atoms with Crippen LogP contribution in [-0.4, -0.2) is 41.6 Å². The third-order valence-electron chi connectivity index (χ3n) is 3.71. The molecule has 0 radical (unpaired) electrons. The van der Waals surface area contributed by atoms with Crippen LogP contribution in [0.4, 0.5) is 4.39 Å². The molecule has 110 valence electrons. The van der Waals surface area contributed by atoms with Crippen LogP contribution in [0, 0.1) is 5.82 Å². The number of phenols is 1. The van der Waals surface area contributed by atoms with Crippen molar-refractivity contribution in [2.75, 3.05) is 19.6 Å². The summed E-state index contributed by atoms with van der Waals surface area (Å²) >= 11 is 0. The maximum absolute atomic E-state index is 13.0. The molecule has 0 saturated carbocycles. The van der Waals surface area contributed by atoms with Crippen LogP contribution in [0.1, 0.15) is 36.5 Å². The molecule has 20 heavy (non-hydrogen) atoms. The molecule has 0 bridgehead atoms. The van der Waals surface area contributed by atoms with Gasteiger partial charge in [-0.25, -0.2) is 4.39 Å². The van der Waals surface area contributed by atoms with E-state index in [-0.39, 0.29) is 17.2 Å². The van der Waals surface area contributed by atoms with Gasteiger partial charge in [0.2, 0.25) is 0 Å². The zero-order chi connectivity index (χ0) is 14.5. The number of likely N-dealkylation sites (N-methyl/N-ethyl adjacent to an activating group) is 1. The van der Waals surface area contributed by atoms with E-state index in [0.717, 1.165) is 19.0 Å². The lowest BCUT2D eigenvalue weighted by Gasteiger charge is -2.30. The second-order valence-corrected chi connectivity index (χ2v) is 5.15. The smallest absolute Gasteiger partial charge is 0.257 e. The Bertz CT molecular complexity index is 473. The van der Waals surface area contributed by atoms with Crippen LogP contribution in [-0.2, 0) is 0 Å². The van der Waals surface area contributed by atoms with Gasteiger partial charge in [0.05, 0.1) is 5.56 Å². The second-order valence-electron chi connectivity index (χ2n) is 5.15. The summed E-state index contributed by atoms with van der Waals surface area (Å²) in [6.07, 6.45) is 3.40. The predicted molar refractivity (Wildman–Crippen MR) is 75.3 cm³/mol. The summed E-state index contributed by atoms with van der Waals surface area (Å²) in [5.74, 6) is -1.10. The zero-order valence-corrected chi connectivity index (χ0v) is 11.7.